The Hall–Kier alpha value is -2.25. The van der Waals surface area contributed by atoms with E-state index in [2.05, 4.69) is 21.2 Å². The van der Waals surface area contributed by atoms with E-state index in [1.54, 1.807) is 44.2 Å². The average molecular weight is 405 g/mol. The monoisotopic (exact) mass is 404 g/mol. The minimum absolute atomic E-state index is 0.00965. The van der Waals surface area contributed by atoms with E-state index in [1.807, 2.05) is 0 Å². The summed E-state index contributed by atoms with van der Waals surface area (Å²) in [5.41, 5.74) is 1.28. The number of halogens is 1. The molecule has 24 heavy (non-hydrogen) atoms. The number of thiocarbonyl (C=S) groups is 1. The first-order valence-corrected chi connectivity index (χ1v) is 8.31. The average Bonchev–Trinajstić information content (AvgIpc) is 2.83. The largest absolute Gasteiger partial charge is 0.466 e. The van der Waals surface area contributed by atoms with Crippen molar-refractivity contribution in [1.29, 1.82) is 0 Å². The van der Waals surface area contributed by atoms with Crippen LogP contribution in [-0.4, -0.2) is 16.9 Å². The van der Waals surface area contributed by atoms with Gasteiger partial charge in [0, 0.05) is 10.0 Å². The number of hydrogen-bond acceptors (Lipinski definition) is 4. The second kappa shape index (κ2) is 6.33. The maximum atomic E-state index is 12.8. The maximum absolute atomic E-state index is 12.8. The van der Waals surface area contributed by atoms with Crippen LogP contribution in [0.15, 0.2) is 44.8 Å². The molecule has 1 aromatic heterocycles. The number of hydrogen-bond donors (Lipinski definition) is 1. The zero-order valence-corrected chi connectivity index (χ0v) is 15.3. The van der Waals surface area contributed by atoms with Crippen molar-refractivity contribution in [3.8, 4) is 0 Å². The molecule has 0 unspecified atom stereocenters. The SMILES string of the molecule is Cc1cc(/C=C2\C(=O)NC(=S)N(c3ccc(Br)cc3)C2=O)c(C)o1. The number of furan rings is 1. The van der Waals surface area contributed by atoms with E-state index in [0.717, 1.165) is 4.47 Å². The van der Waals surface area contributed by atoms with Gasteiger partial charge in [-0.3, -0.25) is 19.8 Å². The molecule has 1 N–H and O–H groups in total. The quantitative estimate of drug-likeness (QED) is 0.472. The fraction of sp³-hybridized carbons (Fsp3) is 0.118. The minimum Gasteiger partial charge on any atom is -0.466 e. The number of anilines is 1. The number of aryl methyl sites for hydroxylation is 2. The van der Waals surface area contributed by atoms with E-state index in [9.17, 15) is 9.59 Å². The molecule has 1 aromatic carbocycles. The number of benzene rings is 1. The van der Waals surface area contributed by atoms with Crippen molar-refractivity contribution in [1.82, 2.24) is 5.32 Å². The molecule has 0 bridgehead atoms. The lowest BCUT2D eigenvalue weighted by molar-refractivity contribution is -0.122. The molecular weight excluding hydrogens is 392 g/mol. The summed E-state index contributed by atoms with van der Waals surface area (Å²) in [5.74, 6) is 0.369. The highest BCUT2D eigenvalue weighted by Crippen LogP contribution is 2.25. The van der Waals surface area contributed by atoms with Gasteiger partial charge in [0.1, 0.15) is 17.1 Å². The molecule has 7 heteroatoms. The normalized spacial score (nSPS) is 16.7. The summed E-state index contributed by atoms with van der Waals surface area (Å²) in [7, 11) is 0. The van der Waals surface area contributed by atoms with Gasteiger partial charge in [0.25, 0.3) is 11.8 Å². The molecule has 0 radical (unpaired) electrons. The van der Waals surface area contributed by atoms with Crippen molar-refractivity contribution in [2.45, 2.75) is 13.8 Å². The number of carbonyl (C=O) groups is 2. The second-order valence-electron chi connectivity index (χ2n) is 5.30. The Balaban J connectivity index is 2.03. The first-order valence-electron chi connectivity index (χ1n) is 7.11. The number of amides is 2. The Morgan fingerprint density at radius 1 is 1.21 bits per heavy atom. The molecule has 1 aliphatic heterocycles. The van der Waals surface area contributed by atoms with Crippen LogP contribution in [0.1, 0.15) is 17.1 Å². The van der Waals surface area contributed by atoms with E-state index in [0.29, 0.717) is 22.8 Å². The Labute approximate surface area is 152 Å². The molecule has 1 fully saturated rings. The standard InChI is InChI=1S/C17H13BrN2O3S/c1-9-7-11(10(2)23-9)8-14-15(21)19-17(24)20(16(14)22)13-5-3-12(18)4-6-13/h3-8H,1-2H3,(H,19,21,24)/b14-8+. The Kier molecular flexibility index (Phi) is 4.38. The van der Waals surface area contributed by atoms with Crippen molar-refractivity contribution in [3.05, 3.63) is 57.5 Å². The van der Waals surface area contributed by atoms with Crippen LogP contribution < -0.4 is 10.2 Å². The summed E-state index contributed by atoms with van der Waals surface area (Å²) >= 11 is 8.51. The van der Waals surface area contributed by atoms with Gasteiger partial charge in [-0.05, 0) is 62.5 Å². The van der Waals surface area contributed by atoms with Gasteiger partial charge in [-0.1, -0.05) is 15.9 Å². The number of rotatable bonds is 2. The molecule has 2 heterocycles. The highest BCUT2D eigenvalue weighted by molar-refractivity contribution is 9.10. The summed E-state index contributed by atoms with van der Waals surface area (Å²) in [6, 6.07) is 8.87. The highest BCUT2D eigenvalue weighted by atomic mass is 79.9. The van der Waals surface area contributed by atoms with Crippen LogP contribution in [0.2, 0.25) is 0 Å². The van der Waals surface area contributed by atoms with Gasteiger partial charge in [-0.25, -0.2) is 0 Å². The van der Waals surface area contributed by atoms with Gasteiger partial charge in [-0.2, -0.15) is 0 Å². The van der Waals surface area contributed by atoms with E-state index >= 15 is 0 Å². The molecule has 1 saturated heterocycles. The van der Waals surface area contributed by atoms with E-state index in [-0.39, 0.29) is 10.7 Å². The molecule has 2 aromatic rings. The van der Waals surface area contributed by atoms with E-state index in [1.165, 1.54) is 11.0 Å². The van der Waals surface area contributed by atoms with Crippen LogP contribution in [-0.2, 0) is 9.59 Å². The third-order valence-corrected chi connectivity index (χ3v) is 4.38. The number of carbonyl (C=O) groups excluding carboxylic acids is 2. The van der Waals surface area contributed by atoms with Crippen LogP contribution in [0, 0.1) is 13.8 Å². The molecule has 2 amide bonds. The molecule has 0 aliphatic carbocycles. The fourth-order valence-electron chi connectivity index (χ4n) is 2.43. The molecule has 5 nitrogen and oxygen atoms in total. The molecule has 0 atom stereocenters. The Morgan fingerprint density at radius 2 is 1.88 bits per heavy atom. The van der Waals surface area contributed by atoms with Crippen LogP contribution >= 0.6 is 28.1 Å². The first-order chi connectivity index (χ1) is 11.4. The highest BCUT2D eigenvalue weighted by Gasteiger charge is 2.34. The van der Waals surface area contributed by atoms with Gasteiger partial charge < -0.3 is 4.42 Å². The van der Waals surface area contributed by atoms with E-state index in [4.69, 9.17) is 16.6 Å². The fourth-order valence-corrected chi connectivity index (χ4v) is 2.98. The molecule has 0 saturated carbocycles. The third kappa shape index (κ3) is 3.05. The topological polar surface area (TPSA) is 62.6 Å². The van der Waals surface area contributed by atoms with Crippen LogP contribution in [0.4, 0.5) is 5.69 Å². The second-order valence-corrected chi connectivity index (χ2v) is 6.61. The first kappa shape index (κ1) is 16.6. The molecule has 1 aliphatic rings. The van der Waals surface area contributed by atoms with Crippen molar-refractivity contribution < 1.29 is 14.0 Å². The number of nitrogens with one attached hydrogen (secondary N) is 1. The van der Waals surface area contributed by atoms with Gasteiger partial charge >= 0.3 is 0 Å². The summed E-state index contributed by atoms with van der Waals surface area (Å²) in [6.07, 6.45) is 1.52. The van der Waals surface area contributed by atoms with Crippen molar-refractivity contribution in [2.75, 3.05) is 4.90 Å². The summed E-state index contributed by atoms with van der Waals surface area (Å²) < 4.78 is 6.32. The summed E-state index contributed by atoms with van der Waals surface area (Å²) in [4.78, 5) is 26.3. The van der Waals surface area contributed by atoms with Gasteiger partial charge in [0.2, 0.25) is 0 Å². The van der Waals surface area contributed by atoms with Crippen molar-refractivity contribution >= 4 is 56.8 Å². The lowest BCUT2D eigenvalue weighted by atomic mass is 10.1. The zero-order valence-electron chi connectivity index (χ0n) is 12.9. The summed E-state index contributed by atoms with van der Waals surface area (Å²) in [5, 5.41) is 2.62. The smallest absolute Gasteiger partial charge is 0.270 e. The Morgan fingerprint density at radius 3 is 2.46 bits per heavy atom. The Bertz CT molecular complexity index is 884. The van der Waals surface area contributed by atoms with Crippen molar-refractivity contribution in [2.24, 2.45) is 0 Å². The molecule has 0 spiro atoms. The maximum Gasteiger partial charge on any atom is 0.270 e. The molecule has 3 rings (SSSR count). The molecular formula is C17H13BrN2O3S. The van der Waals surface area contributed by atoms with Gasteiger partial charge in [-0.15, -0.1) is 0 Å². The minimum atomic E-state index is -0.517. The number of nitrogens with zero attached hydrogens (tertiary/aromatic N) is 1. The predicted molar refractivity (Wildman–Crippen MR) is 98.5 cm³/mol. The van der Waals surface area contributed by atoms with Crippen molar-refractivity contribution in [3.63, 3.8) is 0 Å². The van der Waals surface area contributed by atoms with Crippen LogP contribution in [0.3, 0.4) is 0 Å². The van der Waals surface area contributed by atoms with Crippen LogP contribution in [0.25, 0.3) is 6.08 Å². The van der Waals surface area contributed by atoms with Gasteiger partial charge in [0.15, 0.2) is 5.11 Å². The summed E-state index contributed by atoms with van der Waals surface area (Å²) in [6.45, 7) is 3.59. The lowest BCUT2D eigenvalue weighted by Crippen LogP contribution is -2.54. The molecule has 122 valence electrons. The lowest BCUT2D eigenvalue weighted by Gasteiger charge is -2.28. The van der Waals surface area contributed by atoms with Crippen LogP contribution in [0.5, 0.6) is 0 Å². The van der Waals surface area contributed by atoms with Gasteiger partial charge in [0.05, 0.1) is 5.69 Å². The third-order valence-electron chi connectivity index (χ3n) is 3.57. The van der Waals surface area contributed by atoms with E-state index < -0.39 is 11.8 Å². The predicted octanol–water partition coefficient (Wildman–Crippen LogP) is 3.49. The zero-order chi connectivity index (χ0) is 17.4.